The van der Waals surface area contributed by atoms with E-state index in [1.54, 1.807) is 7.11 Å². The van der Waals surface area contributed by atoms with E-state index in [1.807, 2.05) is 0 Å². The fourth-order valence-electron chi connectivity index (χ4n) is 0.778. The van der Waals surface area contributed by atoms with Crippen LogP contribution in [0.25, 0.3) is 0 Å². The summed E-state index contributed by atoms with van der Waals surface area (Å²) in [5, 5.41) is 2.93. The van der Waals surface area contributed by atoms with Crippen molar-refractivity contribution in [1.82, 2.24) is 9.97 Å². The monoisotopic (exact) mass is 203 g/mol. The molecular formula is C7H10ClN3O2. The number of nitrogens with one attached hydrogen (secondary N) is 2. The molecule has 2 N–H and O–H groups in total. The summed E-state index contributed by atoms with van der Waals surface area (Å²) in [7, 11) is 1.59. The standard InChI is InChI=1S/C7H10ClN3O2/c1-13-3-2-9-6-5(8)7(12)11-4-10-6/h4H,2-3H2,1H3,(H2,9,10,11,12). The van der Waals surface area contributed by atoms with Crippen molar-refractivity contribution in [3.05, 3.63) is 21.7 Å². The molecule has 1 heterocycles. The van der Waals surface area contributed by atoms with Crippen LogP contribution in [0.3, 0.4) is 0 Å². The fraction of sp³-hybridized carbons (Fsp3) is 0.429. The maximum Gasteiger partial charge on any atom is 0.271 e. The SMILES string of the molecule is COCCNc1nc[nH]c(=O)c1Cl. The van der Waals surface area contributed by atoms with Gasteiger partial charge >= 0.3 is 0 Å². The van der Waals surface area contributed by atoms with Crippen LogP contribution in [-0.4, -0.2) is 30.2 Å². The molecule has 0 amide bonds. The lowest BCUT2D eigenvalue weighted by Gasteiger charge is -2.04. The molecule has 0 bridgehead atoms. The van der Waals surface area contributed by atoms with Crippen LogP contribution >= 0.6 is 11.6 Å². The van der Waals surface area contributed by atoms with E-state index in [9.17, 15) is 4.79 Å². The molecule has 0 aliphatic heterocycles. The van der Waals surface area contributed by atoms with Gasteiger partial charge in [-0.05, 0) is 0 Å². The molecule has 1 aromatic rings. The Balaban J connectivity index is 2.66. The third-order valence-corrected chi connectivity index (χ3v) is 1.75. The van der Waals surface area contributed by atoms with Gasteiger partial charge in [-0.3, -0.25) is 4.79 Å². The first-order valence-electron chi connectivity index (χ1n) is 3.71. The predicted molar refractivity (Wildman–Crippen MR) is 50.2 cm³/mol. The fourth-order valence-corrected chi connectivity index (χ4v) is 0.948. The van der Waals surface area contributed by atoms with Crippen LogP contribution in [-0.2, 0) is 4.74 Å². The molecule has 72 valence electrons. The van der Waals surface area contributed by atoms with E-state index < -0.39 is 0 Å². The number of rotatable bonds is 4. The number of methoxy groups -OCH3 is 1. The molecule has 0 aromatic carbocycles. The molecule has 0 atom stereocenters. The topological polar surface area (TPSA) is 67.0 Å². The van der Waals surface area contributed by atoms with Crippen LogP contribution in [0.1, 0.15) is 0 Å². The van der Waals surface area contributed by atoms with Crippen LogP contribution in [0.15, 0.2) is 11.1 Å². The molecule has 0 aliphatic rings. The third-order valence-electron chi connectivity index (χ3n) is 1.40. The normalized spacial score (nSPS) is 10.0. The van der Waals surface area contributed by atoms with Crippen molar-refractivity contribution in [3.63, 3.8) is 0 Å². The minimum atomic E-state index is -0.350. The van der Waals surface area contributed by atoms with Gasteiger partial charge in [0.05, 0.1) is 12.9 Å². The average molecular weight is 204 g/mol. The van der Waals surface area contributed by atoms with Crippen molar-refractivity contribution >= 4 is 17.4 Å². The maximum atomic E-state index is 11.0. The summed E-state index contributed by atoms with van der Waals surface area (Å²) < 4.78 is 4.81. The first-order chi connectivity index (χ1) is 6.25. The second kappa shape index (κ2) is 4.84. The highest BCUT2D eigenvalue weighted by molar-refractivity contribution is 6.32. The van der Waals surface area contributed by atoms with Crippen LogP contribution < -0.4 is 10.9 Å². The molecule has 0 fully saturated rings. The van der Waals surface area contributed by atoms with Gasteiger partial charge in [-0.15, -0.1) is 0 Å². The lowest BCUT2D eigenvalue weighted by atomic mass is 10.5. The van der Waals surface area contributed by atoms with E-state index in [2.05, 4.69) is 15.3 Å². The maximum absolute atomic E-state index is 11.0. The molecule has 0 radical (unpaired) electrons. The first kappa shape index (κ1) is 10.0. The highest BCUT2D eigenvalue weighted by Gasteiger charge is 2.03. The number of ether oxygens (including phenoxy) is 1. The van der Waals surface area contributed by atoms with Crippen molar-refractivity contribution in [2.75, 3.05) is 25.6 Å². The number of H-pyrrole nitrogens is 1. The summed E-state index contributed by atoms with van der Waals surface area (Å²) in [6.07, 6.45) is 1.29. The number of halogens is 1. The Morgan fingerprint density at radius 2 is 2.54 bits per heavy atom. The molecule has 13 heavy (non-hydrogen) atoms. The van der Waals surface area contributed by atoms with E-state index >= 15 is 0 Å². The van der Waals surface area contributed by atoms with Crippen molar-refractivity contribution in [2.45, 2.75) is 0 Å². The quantitative estimate of drug-likeness (QED) is 0.699. The summed E-state index contributed by atoms with van der Waals surface area (Å²) >= 11 is 5.66. The van der Waals surface area contributed by atoms with Gasteiger partial charge in [-0.25, -0.2) is 4.98 Å². The van der Waals surface area contributed by atoms with E-state index in [-0.39, 0.29) is 10.6 Å². The summed E-state index contributed by atoms with van der Waals surface area (Å²) in [5.74, 6) is 0.377. The van der Waals surface area contributed by atoms with Crippen LogP contribution in [0, 0.1) is 0 Å². The highest BCUT2D eigenvalue weighted by Crippen LogP contribution is 2.10. The van der Waals surface area contributed by atoms with Gasteiger partial charge in [-0.1, -0.05) is 11.6 Å². The highest BCUT2D eigenvalue weighted by atomic mass is 35.5. The summed E-state index contributed by atoms with van der Waals surface area (Å²) in [5.41, 5.74) is -0.350. The Labute approximate surface area is 80.1 Å². The number of anilines is 1. The van der Waals surface area contributed by atoms with Crippen LogP contribution in [0.4, 0.5) is 5.82 Å². The lowest BCUT2D eigenvalue weighted by Crippen LogP contribution is -2.14. The van der Waals surface area contributed by atoms with E-state index in [4.69, 9.17) is 16.3 Å². The third kappa shape index (κ3) is 2.71. The molecule has 6 heteroatoms. The van der Waals surface area contributed by atoms with Crippen LogP contribution in [0.2, 0.25) is 5.02 Å². The molecule has 1 aromatic heterocycles. The van der Waals surface area contributed by atoms with E-state index in [1.165, 1.54) is 6.33 Å². The van der Waals surface area contributed by atoms with Gasteiger partial charge in [0, 0.05) is 13.7 Å². The van der Waals surface area contributed by atoms with E-state index in [0.29, 0.717) is 19.0 Å². The molecule has 0 saturated heterocycles. The Bertz CT molecular complexity index is 326. The predicted octanol–water partition coefficient (Wildman–Crippen LogP) is 0.482. The minimum Gasteiger partial charge on any atom is -0.383 e. The van der Waals surface area contributed by atoms with Gasteiger partial charge < -0.3 is 15.0 Å². The van der Waals surface area contributed by atoms with Gasteiger partial charge in [0.15, 0.2) is 5.82 Å². The van der Waals surface area contributed by atoms with Gasteiger partial charge in [0.2, 0.25) is 0 Å². The van der Waals surface area contributed by atoms with Crippen molar-refractivity contribution in [2.24, 2.45) is 0 Å². The molecule has 0 spiro atoms. The van der Waals surface area contributed by atoms with Crippen molar-refractivity contribution < 1.29 is 4.74 Å². The zero-order chi connectivity index (χ0) is 9.68. The second-order valence-corrected chi connectivity index (χ2v) is 2.69. The zero-order valence-electron chi connectivity index (χ0n) is 7.13. The van der Waals surface area contributed by atoms with Crippen molar-refractivity contribution in [1.29, 1.82) is 0 Å². The minimum absolute atomic E-state index is 0.0682. The molecule has 0 unspecified atom stereocenters. The Morgan fingerprint density at radius 3 is 3.23 bits per heavy atom. The number of aromatic nitrogens is 2. The lowest BCUT2D eigenvalue weighted by molar-refractivity contribution is 0.210. The molecule has 0 saturated carbocycles. The number of hydrogen-bond donors (Lipinski definition) is 2. The van der Waals surface area contributed by atoms with E-state index in [0.717, 1.165) is 0 Å². The zero-order valence-corrected chi connectivity index (χ0v) is 7.89. The Morgan fingerprint density at radius 1 is 1.77 bits per heavy atom. The van der Waals surface area contributed by atoms with Gasteiger partial charge in [0.25, 0.3) is 5.56 Å². The summed E-state index contributed by atoms with van der Waals surface area (Å²) in [6, 6.07) is 0. The number of aromatic amines is 1. The Hall–Kier alpha value is -1.07. The average Bonchev–Trinajstić information content (AvgIpc) is 2.13. The Kier molecular flexibility index (Phi) is 3.72. The molecule has 0 aliphatic carbocycles. The smallest absolute Gasteiger partial charge is 0.271 e. The molecule has 5 nitrogen and oxygen atoms in total. The number of hydrogen-bond acceptors (Lipinski definition) is 4. The largest absolute Gasteiger partial charge is 0.383 e. The van der Waals surface area contributed by atoms with Gasteiger partial charge in [0.1, 0.15) is 5.02 Å². The number of nitrogens with zero attached hydrogens (tertiary/aromatic N) is 1. The molecule has 1 rings (SSSR count). The summed E-state index contributed by atoms with van der Waals surface area (Å²) in [6.45, 7) is 1.09. The van der Waals surface area contributed by atoms with Gasteiger partial charge in [-0.2, -0.15) is 0 Å². The molecular weight excluding hydrogens is 194 g/mol. The first-order valence-corrected chi connectivity index (χ1v) is 4.09. The summed E-state index contributed by atoms with van der Waals surface area (Å²) in [4.78, 5) is 17.2. The van der Waals surface area contributed by atoms with Crippen molar-refractivity contribution in [3.8, 4) is 0 Å². The van der Waals surface area contributed by atoms with Crippen LogP contribution in [0.5, 0.6) is 0 Å². The second-order valence-electron chi connectivity index (χ2n) is 2.31.